The summed E-state index contributed by atoms with van der Waals surface area (Å²) >= 11 is 0. The Morgan fingerprint density at radius 1 is 1.53 bits per heavy atom. The molecule has 1 aromatic rings. The molecule has 1 heterocycles. The zero-order valence-electron chi connectivity index (χ0n) is 11.6. The molecule has 106 valence electrons. The van der Waals surface area contributed by atoms with Gasteiger partial charge in [0, 0.05) is 19.4 Å². The van der Waals surface area contributed by atoms with Crippen LogP contribution in [0.2, 0.25) is 0 Å². The third-order valence-electron chi connectivity index (χ3n) is 3.62. The van der Waals surface area contributed by atoms with Crippen molar-refractivity contribution in [2.24, 2.45) is 5.73 Å². The van der Waals surface area contributed by atoms with E-state index in [9.17, 15) is 4.79 Å². The first-order valence-corrected chi connectivity index (χ1v) is 6.89. The maximum Gasteiger partial charge on any atom is 0.223 e. The van der Waals surface area contributed by atoms with Gasteiger partial charge < -0.3 is 15.6 Å². The van der Waals surface area contributed by atoms with Crippen LogP contribution in [0.1, 0.15) is 57.2 Å². The molecule has 0 bridgehead atoms. The molecular weight excluding hydrogens is 244 g/mol. The van der Waals surface area contributed by atoms with Crippen molar-refractivity contribution >= 4 is 5.91 Å². The Kier molecular flexibility index (Phi) is 4.19. The van der Waals surface area contributed by atoms with E-state index in [-0.39, 0.29) is 11.9 Å². The molecule has 1 unspecified atom stereocenters. The van der Waals surface area contributed by atoms with Crippen LogP contribution in [0.25, 0.3) is 0 Å². The monoisotopic (exact) mass is 266 g/mol. The summed E-state index contributed by atoms with van der Waals surface area (Å²) in [4.78, 5) is 16.3. The molecule has 6 heteroatoms. The number of hydrogen-bond donors (Lipinski definition) is 2. The summed E-state index contributed by atoms with van der Waals surface area (Å²) in [5.74, 6) is 1.16. The van der Waals surface area contributed by atoms with Gasteiger partial charge in [-0.15, -0.1) is 0 Å². The number of rotatable bonds is 5. The highest BCUT2D eigenvalue weighted by Gasteiger charge is 2.41. The molecule has 0 spiro atoms. The molecule has 1 atom stereocenters. The van der Waals surface area contributed by atoms with Crippen molar-refractivity contribution in [2.75, 3.05) is 0 Å². The lowest BCUT2D eigenvalue weighted by molar-refractivity contribution is -0.123. The van der Waals surface area contributed by atoms with Crippen molar-refractivity contribution in [3.05, 3.63) is 11.7 Å². The van der Waals surface area contributed by atoms with Gasteiger partial charge in [0.2, 0.25) is 11.8 Å². The van der Waals surface area contributed by atoms with Crippen LogP contribution in [0, 0.1) is 6.92 Å². The van der Waals surface area contributed by atoms with Crippen molar-refractivity contribution in [3.63, 3.8) is 0 Å². The predicted octanol–water partition coefficient (Wildman–Crippen LogP) is 1.39. The van der Waals surface area contributed by atoms with Crippen LogP contribution < -0.4 is 11.1 Å². The Hall–Kier alpha value is -1.43. The molecule has 1 aromatic heterocycles. The summed E-state index contributed by atoms with van der Waals surface area (Å²) in [6.45, 7) is 3.66. The lowest BCUT2D eigenvalue weighted by atomic mass is 9.96. The van der Waals surface area contributed by atoms with E-state index in [2.05, 4.69) is 15.5 Å². The van der Waals surface area contributed by atoms with E-state index < -0.39 is 5.54 Å². The SMILES string of the molecule is Cc1nc(C2(NC(=O)CCC(C)N)CCCC2)no1. The van der Waals surface area contributed by atoms with Crippen molar-refractivity contribution in [1.82, 2.24) is 15.5 Å². The predicted molar refractivity (Wildman–Crippen MR) is 70.2 cm³/mol. The van der Waals surface area contributed by atoms with E-state index in [0.717, 1.165) is 25.7 Å². The van der Waals surface area contributed by atoms with Gasteiger partial charge in [-0.1, -0.05) is 18.0 Å². The van der Waals surface area contributed by atoms with E-state index in [0.29, 0.717) is 24.6 Å². The molecule has 2 rings (SSSR count). The molecule has 1 aliphatic rings. The Labute approximate surface area is 113 Å². The lowest BCUT2D eigenvalue weighted by Crippen LogP contribution is -2.44. The first-order valence-electron chi connectivity index (χ1n) is 6.89. The number of hydrogen-bond acceptors (Lipinski definition) is 5. The molecule has 0 aromatic carbocycles. The van der Waals surface area contributed by atoms with E-state index in [1.165, 1.54) is 0 Å². The first-order chi connectivity index (χ1) is 9.02. The smallest absolute Gasteiger partial charge is 0.223 e. The Balaban J connectivity index is 2.06. The highest BCUT2D eigenvalue weighted by atomic mass is 16.5. The molecule has 1 aliphatic carbocycles. The number of nitrogens with two attached hydrogens (primary N) is 1. The minimum absolute atomic E-state index is 0.0154. The van der Waals surface area contributed by atoms with E-state index in [1.807, 2.05) is 6.92 Å². The zero-order valence-corrected chi connectivity index (χ0v) is 11.6. The van der Waals surface area contributed by atoms with Crippen molar-refractivity contribution in [3.8, 4) is 0 Å². The Morgan fingerprint density at radius 2 is 2.21 bits per heavy atom. The van der Waals surface area contributed by atoms with Gasteiger partial charge in [0.25, 0.3) is 0 Å². The second-order valence-electron chi connectivity index (χ2n) is 5.49. The fourth-order valence-electron chi connectivity index (χ4n) is 2.56. The number of nitrogens with one attached hydrogen (secondary N) is 1. The first kappa shape index (κ1) is 14.0. The van der Waals surface area contributed by atoms with Crippen LogP contribution in [0.3, 0.4) is 0 Å². The standard InChI is InChI=1S/C13H22N4O2/c1-9(14)5-6-11(18)16-13(7-3-4-8-13)12-15-10(2)19-17-12/h9H,3-8,14H2,1-2H3,(H,16,18). The molecule has 0 saturated heterocycles. The molecular formula is C13H22N4O2. The van der Waals surface area contributed by atoms with Gasteiger partial charge in [0.15, 0.2) is 5.82 Å². The van der Waals surface area contributed by atoms with Gasteiger partial charge >= 0.3 is 0 Å². The van der Waals surface area contributed by atoms with Gasteiger partial charge in [0.1, 0.15) is 5.54 Å². The van der Waals surface area contributed by atoms with Crippen LogP contribution in [-0.2, 0) is 10.3 Å². The maximum atomic E-state index is 12.0. The molecule has 6 nitrogen and oxygen atoms in total. The normalized spacial score (nSPS) is 19.3. The molecule has 19 heavy (non-hydrogen) atoms. The largest absolute Gasteiger partial charge is 0.343 e. The zero-order chi connectivity index (χ0) is 13.9. The fraction of sp³-hybridized carbons (Fsp3) is 0.769. The second kappa shape index (κ2) is 5.69. The van der Waals surface area contributed by atoms with Crippen LogP contribution in [0.4, 0.5) is 0 Å². The Bertz CT molecular complexity index is 436. The molecule has 0 radical (unpaired) electrons. The summed E-state index contributed by atoms with van der Waals surface area (Å²) in [6.07, 6.45) is 5.01. The van der Waals surface area contributed by atoms with Crippen LogP contribution >= 0.6 is 0 Å². The minimum atomic E-state index is -0.438. The number of carbonyl (C=O) groups excluding carboxylic acids is 1. The summed E-state index contributed by atoms with van der Waals surface area (Å²) in [5, 5.41) is 7.09. The lowest BCUT2D eigenvalue weighted by Gasteiger charge is -2.26. The summed E-state index contributed by atoms with van der Waals surface area (Å²) in [5.41, 5.74) is 5.24. The summed E-state index contributed by atoms with van der Waals surface area (Å²) in [7, 11) is 0. The summed E-state index contributed by atoms with van der Waals surface area (Å²) in [6, 6.07) is 0.0395. The Morgan fingerprint density at radius 3 is 2.74 bits per heavy atom. The van der Waals surface area contributed by atoms with E-state index in [4.69, 9.17) is 10.3 Å². The second-order valence-corrected chi connectivity index (χ2v) is 5.49. The maximum absolute atomic E-state index is 12.0. The molecule has 1 saturated carbocycles. The number of nitrogens with zero attached hydrogens (tertiary/aromatic N) is 2. The number of amides is 1. The van der Waals surface area contributed by atoms with Crippen LogP contribution in [0.5, 0.6) is 0 Å². The van der Waals surface area contributed by atoms with Crippen molar-refractivity contribution in [2.45, 2.75) is 64.0 Å². The van der Waals surface area contributed by atoms with Crippen LogP contribution in [0.15, 0.2) is 4.52 Å². The minimum Gasteiger partial charge on any atom is -0.343 e. The van der Waals surface area contributed by atoms with E-state index in [1.54, 1.807) is 6.92 Å². The van der Waals surface area contributed by atoms with Crippen molar-refractivity contribution in [1.29, 1.82) is 0 Å². The molecule has 1 fully saturated rings. The summed E-state index contributed by atoms with van der Waals surface area (Å²) < 4.78 is 5.05. The van der Waals surface area contributed by atoms with Crippen LogP contribution in [-0.4, -0.2) is 22.1 Å². The average molecular weight is 266 g/mol. The average Bonchev–Trinajstić information content (AvgIpc) is 2.96. The highest BCUT2D eigenvalue weighted by Crippen LogP contribution is 2.37. The quantitative estimate of drug-likeness (QED) is 0.840. The van der Waals surface area contributed by atoms with Gasteiger partial charge in [-0.25, -0.2) is 0 Å². The molecule has 0 aliphatic heterocycles. The highest BCUT2D eigenvalue weighted by molar-refractivity contribution is 5.77. The number of carbonyl (C=O) groups is 1. The fourth-order valence-corrected chi connectivity index (χ4v) is 2.56. The van der Waals surface area contributed by atoms with Crippen molar-refractivity contribution < 1.29 is 9.32 Å². The van der Waals surface area contributed by atoms with Gasteiger partial charge in [-0.05, 0) is 26.2 Å². The van der Waals surface area contributed by atoms with E-state index >= 15 is 0 Å². The van der Waals surface area contributed by atoms with Gasteiger partial charge in [0.05, 0.1) is 0 Å². The molecule has 3 N–H and O–H groups in total. The van der Waals surface area contributed by atoms with Gasteiger partial charge in [-0.3, -0.25) is 4.79 Å². The third kappa shape index (κ3) is 3.32. The molecule has 1 amide bonds. The number of aromatic nitrogens is 2. The number of aryl methyl sites for hydroxylation is 1. The van der Waals surface area contributed by atoms with Gasteiger partial charge in [-0.2, -0.15) is 4.98 Å². The topological polar surface area (TPSA) is 94.0 Å². The third-order valence-corrected chi connectivity index (χ3v) is 3.62.